The van der Waals surface area contributed by atoms with Gasteiger partial charge in [0.25, 0.3) is 0 Å². The van der Waals surface area contributed by atoms with E-state index in [1.807, 2.05) is 20.9 Å². The number of benzene rings is 1. The molecular weight excluding hydrogens is 400 g/mol. The van der Waals surface area contributed by atoms with Crippen molar-refractivity contribution in [1.29, 1.82) is 0 Å². The summed E-state index contributed by atoms with van der Waals surface area (Å²) in [6.07, 6.45) is 0. The maximum Gasteiger partial charge on any atom is 0.325 e. The zero-order chi connectivity index (χ0) is 20.8. The number of hydrogen-bond acceptors (Lipinski definition) is 7. The van der Waals surface area contributed by atoms with Crippen molar-refractivity contribution < 1.29 is 22.7 Å². The largest absolute Gasteiger partial charge is 0.481 e. The van der Waals surface area contributed by atoms with Crippen molar-refractivity contribution in [3.8, 4) is 17.6 Å². The first kappa shape index (κ1) is 22.6. The minimum atomic E-state index is -3.86. The standard InChI is InChI=1S/C19H26N2O5S2/c1-19(2)17(18(22)25-4)21(12-14-27-19)28(23,24)16-9-7-15(8-10-16)26-13-6-5-11-20-3/h7-10,17,20H,11-14H2,1-4H3. The van der Waals surface area contributed by atoms with Crippen LogP contribution in [-0.4, -0.2) is 69.1 Å². The fraction of sp³-hybridized carbons (Fsp3) is 0.526. The third-order valence-corrected chi connectivity index (χ3v) is 7.52. The lowest BCUT2D eigenvalue weighted by Crippen LogP contribution is -2.58. The normalized spacial score (nSPS) is 19.4. The van der Waals surface area contributed by atoms with Crippen LogP contribution in [0.2, 0.25) is 0 Å². The van der Waals surface area contributed by atoms with E-state index in [-0.39, 0.29) is 18.0 Å². The van der Waals surface area contributed by atoms with Crippen LogP contribution in [0.3, 0.4) is 0 Å². The average molecular weight is 427 g/mol. The van der Waals surface area contributed by atoms with Gasteiger partial charge < -0.3 is 14.8 Å². The molecule has 0 aromatic heterocycles. The van der Waals surface area contributed by atoms with Crippen molar-refractivity contribution in [2.75, 3.05) is 39.6 Å². The molecule has 1 unspecified atom stereocenters. The highest BCUT2D eigenvalue weighted by Crippen LogP contribution is 2.38. The van der Waals surface area contributed by atoms with Crippen molar-refractivity contribution in [1.82, 2.24) is 9.62 Å². The highest BCUT2D eigenvalue weighted by molar-refractivity contribution is 8.00. The molecular formula is C19H26N2O5S2. The Bertz CT molecular complexity index is 841. The molecule has 1 N–H and O–H groups in total. The molecule has 1 heterocycles. The number of sulfonamides is 1. The van der Waals surface area contributed by atoms with Crippen molar-refractivity contribution in [3.63, 3.8) is 0 Å². The fourth-order valence-corrected chi connectivity index (χ4v) is 5.98. The van der Waals surface area contributed by atoms with Crippen LogP contribution in [0.25, 0.3) is 0 Å². The van der Waals surface area contributed by atoms with E-state index >= 15 is 0 Å². The van der Waals surface area contributed by atoms with E-state index in [9.17, 15) is 13.2 Å². The minimum absolute atomic E-state index is 0.109. The van der Waals surface area contributed by atoms with E-state index in [0.717, 1.165) is 0 Å². The number of nitrogens with one attached hydrogen (secondary N) is 1. The second-order valence-corrected chi connectivity index (χ2v) is 10.3. The topological polar surface area (TPSA) is 84.9 Å². The number of nitrogens with zero attached hydrogens (tertiary/aromatic N) is 1. The van der Waals surface area contributed by atoms with Crippen LogP contribution in [0.4, 0.5) is 0 Å². The van der Waals surface area contributed by atoms with Crippen LogP contribution in [0.1, 0.15) is 13.8 Å². The van der Waals surface area contributed by atoms with Gasteiger partial charge in [0, 0.05) is 17.0 Å². The molecule has 0 radical (unpaired) electrons. The number of rotatable bonds is 6. The quantitative estimate of drug-likeness (QED) is 0.543. The summed E-state index contributed by atoms with van der Waals surface area (Å²) in [5.74, 6) is 6.30. The zero-order valence-corrected chi connectivity index (χ0v) is 18.2. The van der Waals surface area contributed by atoms with Gasteiger partial charge in [-0.05, 0) is 45.2 Å². The number of esters is 1. The van der Waals surface area contributed by atoms with Crippen LogP contribution in [0.15, 0.2) is 29.2 Å². The van der Waals surface area contributed by atoms with Gasteiger partial charge in [-0.15, -0.1) is 0 Å². The van der Waals surface area contributed by atoms with Gasteiger partial charge >= 0.3 is 5.97 Å². The van der Waals surface area contributed by atoms with E-state index < -0.39 is 26.8 Å². The van der Waals surface area contributed by atoms with Crippen LogP contribution < -0.4 is 10.1 Å². The SMILES string of the molecule is CNCC#CCOc1ccc(S(=O)(=O)N2CCSC(C)(C)C2C(=O)OC)cc1. The number of carbonyl (C=O) groups is 1. The molecule has 0 aliphatic carbocycles. The van der Waals surface area contributed by atoms with E-state index in [1.54, 1.807) is 23.9 Å². The molecule has 0 bridgehead atoms. The summed E-state index contributed by atoms with van der Waals surface area (Å²) in [4.78, 5) is 12.4. The highest BCUT2D eigenvalue weighted by atomic mass is 32.2. The molecule has 154 valence electrons. The Kier molecular flexibility index (Phi) is 7.78. The lowest BCUT2D eigenvalue weighted by Gasteiger charge is -2.43. The molecule has 0 spiro atoms. The lowest BCUT2D eigenvalue weighted by atomic mass is 10.0. The average Bonchev–Trinajstić information content (AvgIpc) is 2.66. The molecule has 1 fully saturated rings. The Morgan fingerprint density at radius 3 is 2.61 bits per heavy atom. The summed E-state index contributed by atoms with van der Waals surface area (Å²) < 4.78 is 37.4. The third-order valence-electron chi connectivity index (χ3n) is 4.29. The molecule has 1 saturated heterocycles. The van der Waals surface area contributed by atoms with Crippen molar-refractivity contribution in [3.05, 3.63) is 24.3 Å². The number of methoxy groups -OCH3 is 1. The van der Waals surface area contributed by atoms with Crippen molar-refractivity contribution in [2.45, 2.75) is 29.5 Å². The molecule has 1 aromatic rings. The van der Waals surface area contributed by atoms with Crippen LogP contribution in [0.5, 0.6) is 5.75 Å². The fourth-order valence-electron chi connectivity index (χ4n) is 2.89. The predicted molar refractivity (Wildman–Crippen MR) is 110 cm³/mol. The molecule has 1 aliphatic heterocycles. The van der Waals surface area contributed by atoms with Gasteiger partial charge in [0.1, 0.15) is 18.4 Å². The van der Waals surface area contributed by atoms with Gasteiger partial charge in [0.15, 0.2) is 0 Å². The third kappa shape index (κ3) is 5.20. The number of thioether (sulfide) groups is 1. The summed E-state index contributed by atoms with van der Waals surface area (Å²) in [5.41, 5.74) is 0. The molecule has 1 atom stereocenters. The van der Waals surface area contributed by atoms with Gasteiger partial charge in [0.05, 0.1) is 18.6 Å². The molecule has 9 heteroatoms. The first-order valence-electron chi connectivity index (χ1n) is 8.81. The lowest BCUT2D eigenvalue weighted by molar-refractivity contribution is -0.146. The molecule has 28 heavy (non-hydrogen) atoms. The van der Waals surface area contributed by atoms with E-state index in [0.29, 0.717) is 18.0 Å². The van der Waals surface area contributed by atoms with Gasteiger partial charge in [-0.2, -0.15) is 16.1 Å². The molecule has 1 aromatic carbocycles. The Morgan fingerprint density at radius 1 is 1.32 bits per heavy atom. The van der Waals surface area contributed by atoms with E-state index in [4.69, 9.17) is 9.47 Å². The van der Waals surface area contributed by atoms with Gasteiger partial charge in [-0.1, -0.05) is 11.8 Å². The maximum atomic E-state index is 13.2. The van der Waals surface area contributed by atoms with Gasteiger partial charge in [0.2, 0.25) is 10.0 Å². The second-order valence-electron chi connectivity index (χ2n) is 6.64. The maximum absolute atomic E-state index is 13.2. The van der Waals surface area contributed by atoms with Crippen LogP contribution in [0, 0.1) is 11.8 Å². The van der Waals surface area contributed by atoms with Crippen LogP contribution >= 0.6 is 11.8 Å². The smallest absolute Gasteiger partial charge is 0.325 e. The second kappa shape index (κ2) is 9.65. The van der Waals surface area contributed by atoms with Gasteiger partial charge in [-0.3, -0.25) is 4.79 Å². The molecule has 7 nitrogen and oxygen atoms in total. The summed E-state index contributed by atoms with van der Waals surface area (Å²) in [6, 6.07) is 5.25. The van der Waals surface area contributed by atoms with Crippen molar-refractivity contribution in [2.24, 2.45) is 0 Å². The van der Waals surface area contributed by atoms with Crippen molar-refractivity contribution >= 4 is 27.8 Å². The zero-order valence-electron chi connectivity index (χ0n) is 16.5. The molecule has 2 rings (SSSR count). The Labute approximate surface area is 171 Å². The highest BCUT2D eigenvalue weighted by Gasteiger charge is 2.48. The predicted octanol–water partition coefficient (Wildman–Crippen LogP) is 1.35. The van der Waals surface area contributed by atoms with Crippen LogP contribution in [-0.2, 0) is 19.6 Å². The summed E-state index contributed by atoms with van der Waals surface area (Å²) >= 11 is 1.56. The number of ether oxygens (including phenoxy) is 2. The summed E-state index contributed by atoms with van der Waals surface area (Å²) in [7, 11) is -0.780. The molecule has 0 saturated carbocycles. The van der Waals surface area contributed by atoms with E-state index in [1.165, 1.54) is 23.5 Å². The molecule has 0 amide bonds. The van der Waals surface area contributed by atoms with E-state index in [2.05, 4.69) is 17.2 Å². The summed E-state index contributed by atoms with van der Waals surface area (Å²) in [6.45, 7) is 4.75. The monoisotopic (exact) mass is 426 g/mol. The van der Waals surface area contributed by atoms with Gasteiger partial charge in [-0.25, -0.2) is 8.42 Å². The molecule has 1 aliphatic rings. The Hall–Kier alpha value is -1.73. The number of carbonyl (C=O) groups excluding carboxylic acids is 1. The summed E-state index contributed by atoms with van der Waals surface area (Å²) in [5, 5.41) is 2.91. The first-order valence-corrected chi connectivity index (χ1v) is 11.2. The first-order chi connectivity index (χ1) is 13.2. The Morgan fingerprint density at radius 2 is 2.00 bits per heavy atom. The number of hydrogen-bond donors (Lipinski definition) is 1. The minimum Gasteiger partial charge on any atom is -0.481 e. The Balaban J connectivity index is 2.21.